The normalized spacial score (nSPS) is 11.0. The van der Waals surface area contributed by atoms with Crippen LogP contribution in [-0.2, 0) is 22.6 Å². The fraction of sp³-hybridized carbons (Fsp3) is 0.300. The number of fused-ring (bicyclic) bond motifs is 1. The number of methoxy groups -OCH3 is 1. The van der Waals surface area contributed by atoms with Gasteiger partial charge >= 0.3 is 5.97 Å². The minimum atomic E-state index is -0.305. The average Bonchev–Trinajstić information content (AvgIpc) is 2.88. The lowest BCUT2D eigenvalue weighted by Crippen LogP contribution is -2.20. The minimum Gasteiger partial charge on any atom is -0.468 e. The summed E-state index contributed by atoms with van der Waals surface area (Å²) in [5.74, 6) is 0.211. The number of ether oxygens (including phenoxy) is 1. The first-order chi connectivity index (χ1) is 12.4. The number of aromatic nitrogens is 2. The van der Waals surface area contributed by atoms with Crippen molar-refractivity contribution < 1.29 is 13.9 Å². The van der Waals surface area contributed by atoms with Crippen LogP contribution in [0.5, 0.6) is 0 Å². The van der Waals surface area contributed by atoms with Gasteiger partial charge < -0.3 is 14.2 Å². The summed E-state index contributed by atoms with van der Waals surface area (Å²) >= 11 is 0. The van der Waals surface area contributed by atoms with Crippen molar-refractivity contribution in [3.05, 3.63) is 59.2 Å². The maximum Gasteiger partial charge on any atom is 0.325 e. The molecule has 0 radical (unpaired) electrons. The lowest BCUT2D eigenvalue weighted by atomic mass is 10.2. The van der Waals surface area contributed by atoms with E-state index in [1.165, 1.54) is 19.2 Å². The van der Waals surface area contributed by atoms with Gasteiger partial charge in [-0.05, 0) is 43.2 Å². The van der Waals surface area contributed by atoms with E-state index >= 15 is 0 Å². The molecule has 0 aliphatic carbocycles. The summed E-state index contributed by atoms with van der Waals surface area (Å²) in [5, 5.41) is 1.06. The van der Waals surface area contributed by atoms with Crippen LogP contribution in [0.4, 0.5) is 10.2 Å². The number of carbonyl (C=O) groups excluding carboxylic acids is 1. The lowest BCUT2D eigenvalue weighted by molar-refractivity contribution is -0.141. The molecule has 5 nitrogen and oxygen atoms in total. The Labute approximate surface area is 152 Å². The molecule has 0 saturated carbocycles. The molecule has 0 unspecified atom stereocenters. The second-order valence-corrected chi connectivity index (χ2v) is 6.39. The van der Waals surface area contributed by atoms with E-state index in [0.717, 1.165) is 33.5 Å². The Morgan fingerprint density at radius 2 is 1.92 bits per heavy atom. The molecule has 6 heteroatoms. The zero-order valence-electron chi connectivity index (χ0n) is 15.4. The van der Waals surface area contributed by atoms with Crippen molar-refractivity contribution in [3.63, 3.8) is 0 Å². The van der Waals surface area contributed by atoms with Gasteiger partial charge in [0.2, 0.25) is 0 Å². The van der Waals surface area contributed by atoms with Crippen molar-refractivity contribution in [2.24, 2.45) is 0 Å². The summed E-state index contributed by atoms with van der Waals surface area (Å²) < 4.78 is 19.9. The molecule has 2 heterocycles. The average molecular weight is 355 g/mol. The van der Waals surface area contributed by atoms with Gasteiger partial charge in [-0.2, -0.15) is 0 Å². The van der Waals surface area contributed by atoms with Gasteiger partial charge in [-0.15, -0.1) is 0 Å². The maximum atomic E-state index is 13.1. The Balaban J connectivity index is 2.06. The van der Waals surface area contributed by atoms with Gasteiger partial charge in [0.25, 0.3) is 0 Å². The number of carbonyl (C=O) groups is 1. The Morgan fingerprint density at radius 1 is 1.23 bits per heavy atom. The molecule has 0 amide bonds. The molecule has 0 fully saturated rings. The lowest BCUT2D eigenvalue weighted by Gasteiger charge is -2.20. The molecule has 0 atom stereocenters. The van der Waals surface area contributed by atoms with Crippen LogP contribution in [0, 0.1) is 19.7 Å². The maximum absolute atomic E-state index is 13.1. The fourth-order valence-corrected chi connectivity index (χ4v) is 3.19. The number of benzene rings is 1. The van der Waals surface area contributed by atoms with Gasteiger partial charge in [-0.3, -0.25) is 4.79 Å². The van der Waals surface area contributed by atoms with E-state index in [0.29, 0.717) is 6.54 Å². The van der Waals surface area contributed by atoms with Gasteiger partial charge in [0, 0.05) is 30.9 Å². The quantitative estimate of drug-likeness (QED) is 0.656. The van der Waals surface area contributed by atoms with E-state index < -0.39 is 0 Å². The molecule has 136 valence electrons. The van der Waals surface area contributed by atoms with E-state index in [1.54, 1.807) is 18.3 Å². The standard InChI is InChI=1S/C20H22FN3O2/c1-13-14(2)24(12-18(25)26-4)19-17(13)9-10-22-20(19)23(3)11-15-5-7-16(21)8-6-15/h5-10H,11-12H2,1-4H3. The van der Waals surface area contributed by atoms with Gasteiger partial charge in [0.1, 0.15) is 12.4 Å². The van der Waals surface area contributed by atoms with Crippen LogP contribution in [-0.4, -0.2) is 29.7 Å². The van der Waals surface area contributed by atoms with Gasteiger partial charge in [-0.1, -0.05) is 12.1 Å². The van der Waals surface area contributed by atoms with Crippen LogP contribution in [0.15, 0.2) is 36.5 Å². The molecule has 3 aromatic rings. The molecular weight excluding hydrogens is 333 g/mol. The summed E-state index contributed by atoms with van der Waals surface area (Å²) in [6.07, 6.45) is 1.77. The first-order valence-corrected chi connectivity index (χ1v) is 8.39. The fourth-order valence-electron chi connectivity index (χ4n) is 3.19. The minimum absolute atomic E-state index is 0.135. The highest BCUT2D eigenvalue weighted by Crippen LogP contribution is 2.31. The first-order valence-electron chi connectivity index (χ1n) is 8.39. The van der Waals surface area contributed by atoms with Crippen LogP contribution in [0.3, 0.4) is 0 Å². The van der Waals surface area contributed by atoms with Gasteiger partial charge in [0.05, 0.1) is 12.6 Å². The van der Waals surface area contributed by atoms with Crippen LogP contribution in [0.2, 0.25) is 0 Å². The predicted octanol–water partition coefficient (Wildman–Crippen LogP) is 3.60. The van der Waals surface area contributed by atoms with Gasteiger partial charge in [0.15, 0.2) is 5.82 Å². The second kappa shape index (κ2) is 7.15. The number of halogens is 1. The smallest absolute Gasteiger partial charge is 0.325 e. The summed E-state index contributed by atoms with van der Waals surface area (Å²) in [7, 11) is 3.32. The van der Waals surface area contributed by atoms with E-state index in [2.05, 4.69) is 4.98 Å². The van der Waals surface area contributed by atoms with Crippen molar-refractivity contribution in [1.29, 1.82) is 0 Å². The van der Waals surface area contributed by atoms with Crippen molar-refractivity contribution in [3.8, 4) is 0 Å². The molecule has 3 rings (SSSR count). The third-order valence-corrected chi connectivity index (χ3v) is 4.74. The zero-order valence-corrected chi connectivity index (χ0v) is 15.4. The molecule has 2 aromatic heterocycles. The number of rotatable bonds is 5. The van der Waals surface area contributed by atoms with Crippen LogP contribution in [0.25, 0.3) is 10.9 Å². The molecular formula is C20H22FN3O2. The zero-order chi connectivity index (χ0) is 18.8. The molecule has 0 spiro atoms. The van der Waals surface area contributed by atoms with E-state index in [-0.39, 0.29) is 18.3 Å². The summed E-state index contributed by atoms with van der Waals surface area (Å²) in [5.41, 5.74) is 4.00. The Kier molecular flexibility index (Phi) is 4.93. The Bertz CT molecular complexity index is 948. The summed E-state index contributed by atoms with van der Waals surface area (Å²) in [4.78, 5) is 18.4. The summed E-state index contributed by atoms with van der Waals surface area (Å²) in [6, 6.07) is 8.38. The number of nitrogens with zero attached hydrogens (tertiary/aromatic N) is 3. The number of hydrogen-bond acceptors (Lipinski definition) is 4. The monoisotopic (exact) mass is 355 g/mol. The third-order valence-electron chi connectivity index (χ3n) is 4.74. The van der Waals surface area contributed by atoms with Crippen LogP contribution < -0.4 is 4.90 Å². The number of hydrogen-bond donors (Lipinski definition) is 0. The van der Waals surface area contributed by atoms with Crippen LogP contribution >= 0.6 is 0 Å². The second-order valence-electron chi connectivity index (χ2n) is 6.39. The Morgan fingerprint density at radius 3 is 2.58 bits per heavy atom. The highest BCUT2D eigenvalue weighted by molar-refractivity contribution is 5.94. The first kappa shape index (κ1) is 17.9. The number of pyridine rings is 1. The molecule has 0 saturated heterocycles. The van der Waals surface area contributed by atoms with Crippen molar-refractivity contribution >= 4 is 22.7 Å². The molecule has 26 heavy (non-hydrogen) atoms. The molecule has 0 aliphatic heterocycles. The van der Waals surface area contributed by atoms with E-state index in [9.17, 15) is 9.18 Å². The van der Waals surface area contributed by atoms with Gasteiger partial charge in [-0.25, -0.2) is 9.37 Å². The molecule has 0 aliphatic rings. The molecule has 0 N–H and O–H groups in total. The highest BCUT2D eigenvalue weighted by Gasteiger charge is 2.19. The van der Waals surface area contributed by atoms with Crippen molar-refractivity contribution in [2.75, 3.05) is 19.1 Å². The molecule has 0 bridgehead atoms. The van der Waals surface area contributed by atoms with E-state index in [1.807, 2.05) is 36.4 Å². The number of anilines is 1. The highest BCUT2D eigenvalue weighted by atomic mass is 19.1. The number of esters is 1. The predicted molar refractivity (Wildman–Crippen MR) is 99.7 cm³/mol. The van der Waals surface area contributed by atoms with E-state index in [4.69, 9.17) is 4.74 Å². The van der Waals surface area contributed by atoms with Crippen molar-refractivity contribution in [1.82, 2.24) is 9.55 Å². The van der Waals surface area contributed by atoms with Crippen LogP contribution in [0.1, 0.15) is 16.8 Å². The molecule has 1 aromatic carbocycles. The SMILES string of the molecule is COC(=O)Cn1c(C)c(C)c2ccnc(N(C)Cc3ccc(F)cc3)c21. The number of aryl methyl sites for hydroxylation is 1. The van der Waals surface area contributed by atoms with Crippen molar-refractivity contribution in [2.45, 2.75) is 26.9 Å². The third kappa shape index (κ3) is 3.27. The Hall–Kier alpha value is -2.89. The topological polar surface area (TPSA) is 47.4 Å². The summed E-state index contributed by atoms with van der Waals surface area (Å²) in [6.45, 7) is 4.74. The largest absolute Gasteiger partial charge is 0.468 e.